The van der Waals surface area contributed by atoms with Crippen molar-refractivity contribution in [3.8, 4) is 5.88 Å². The highest BCUT2D eigenvalue weighted by Gasteiger charge is 2.00. The highest BCUT2D eigenvalue weighted by Crippen LogP contribution is 2.12. The lowest BCUT2D eigenvalue weighted by molar-refractivity contribution is 0.324. The average Bonchev–Trinajstić information content (AvgIpc) is 1.98. The molecule has 1 aromatic heterocycles. The monoisotopic (exact) mass is 155 g/mol. The molecule has 11 heavy (non-hydrogen) atoms. The molecule has 1 heterocycles. The summed E-state index contributed by atoms with van der Waals surface area (Å²) in [6.45, 7) is 4.37. The molecule has 1 rings (SSSR count). The number of hydrogen-bond acceptors (Lipinski definition) is 4. The molecule has 4 nitrogen and oxygen atoms in total. The van der Waals surface area contributed by atoms with Crippen molar-refractivity contribution in [3.63, 3.8) is 0 Å². The molecule has 2 N–H and O–H groups in total. The normalized spacial score (nSPS) is 9.64. The SMILES string of the molecule is CCOc1nc(N)ncc1C.[HH]. The van der Waals surface area contributed by atoms with Crippen molar-refractivity contribution in [1.82, 2.24) is 9.97 Å². The van der Waals surface area contributed by atoms with Crippen molar-refractivity contribution in [3.05, 3.63) is 11.8 Å². The third kappa shape index (κ3) is 1.80. The van der Waals surface area contributed by atoms with Crippen LogP contribution in [0.3, 0.4) is 0 Å². The van der Waals surface area contributed by atoms with Crippen LogP contribution < -0.4 is 10.5 Å². The molecule has 0 aliphatic carbocycles. The molecule has 4 heteroatoms. The van der Waals surface area contributed by atoms with E-state index in [9.17, 15) is 0 Å². The molecule has 0 bridgehead atoms. The van der Waals surface area contributed by atoms with E-state index in [0.717, 1.165) is 5.56 Å². The summed E-state index contributed by atoms with van der Waals surface area (Å²) in [5.74, 6) is 0.819. The summed E-state index contributed by atoms with van der Waals surface area (Å²) >= 11 is 0. The van der Waals surface area contributed by atoms with Gasteiger partial charge in [0.2, 0.25) is 11.8 Å². The van der Waals surface area contributed by atoms with Gasteiger partial charge < -0.3 is 10.5 Å². The highest BCUT2D eigenvalue weighted by atomic mass is 16.5. The lowest BCUT2D eigenvalue weighted by atomic mass is 10.4. The van der Waals surface area contributed by atoms with Gasteiger partial charge >= 0.3 is 0 Å². The van der Waals surface area contributed by atoms with Gasteiger partial charge in [-0.25, -0.2) is 4.98 Å². The largest absolute Gasteiger partial charge is 0.478 e. The molecule has 1 aromatic rings. The molecular formula is C7H13N3O. The molecule has 0 spiro atoms. The third-order valence-corrected chi connectivity index (χ3v) is 1.22. The number of ether oxygens (including phenoxy) is 1. The van der Waals surface area contributed by atoms with E-state index in [-0.39, 0.29) is 7.37 Å². The number of nitrogens with zero attached hydrogens (tertiary/aromatic N) is 2. The van der Waals surface area contributed by atoms with Gasteiger partial charge in [-0.3, -0.25) is 0 Å². The average molecular weight is 155 g/mol. The van der Waals surface area contributed by atoms with Crippen molar-refractivity contribution < 1.29 is 6.16 Å². The first kappa shape index (κ1) is 7.78. The standard InChI is InChI=1S/C7H11N3O.H2/c1-3-11-6-5(2)4-9-7(8)10-6;/h4H,3H2,1-2H3,(H2,8,9,10);1H. The molecular weight excluding hydrogens is 142 g/mol. The van der Waals surface area contributed by atoms with Crippen molar-refractivity contribution >= 4 is 5.95 Å². The second-order valence-corrected chi connectivity index (χ2v) is 2.15. The Bertz CT molecular complexity index is 254. The Morgan fingerprint density at radius 1 is 1.73 bits per heavy atom. The number of nitrogens with two attached hydrogens (primary N) is 1. The Morgan fingerprint density at radius 2 is 2.45 bits per heavy atom. The Labute approximate surface area is 66.9 Å². The van der Waals surface area contributed by atoms with Gasteiger partial charge in [-0.2, -0.15) is 4.98 Å². The van der Waals surface area contributed by atoms with Gasteiger partial charge in [0, 0.05) is 13.2 Å². The van der Waals surface area contributed by atoms with E-state index in [1.54, 1.807) is 6.20 Å². The molecule has 0 aliphatic heterocycles. The van der Waals surface area contributed by atoms with E-state index < -0.39 is 0 Å². The molecule has 0 fully saturated rings. The van der Waals surface area contributed by atoms with Crippen LogP contribution in [0, 0.1) is 6.92 Å². The number of hydrogen-bond donors (Lipinski definition) is 1. The fraction of sp³-hybridized carbons (Fsp3) is 0.429. The topological polar surface area (TPSA) is 61.0 Å². The molecule has 0 saturated carbocycles. The Kier molecular flexibility index (Phi) is 2.25. The first-order valence-corrected chi connectivity index (χ1v) is 3.46. The van der Waals surface area contributed by atoms with Crippen LogP contribution in [0.1, 0.15) is 13.9 Å². The second kappa shape index (κ2) is 3.18. The van der Waals surface area contributed by atoms with Crippen LogP contribution in [0.5, 0.6) is 5.88 Å². The number of aromatic nitrogens is 2. The van der Waals surface area contributed by atoms with E-state index in [1.165, 1.54) is 0 Å². The molecule has 0 aromatic carbocycles. The fourth-order valence-electron chi connectivity index (χ4n) is 0.722. The Balaban J connectivity index is 0.00000121. The number of anilines is 1. The smallest absolute Gasteiger partial charge is 0.223 e. The van der Waals surface area contributed by atoms with Crippen LogP contribution in [0.2, 0.25) is 0 Å². The predicted octanol–water partition coefficient (Wildman–Crippen LogP) is 1.01. The van der Waals surface area contributed by atoms with E-state index in [1.807, 2.05) is 13.8 Å². The van der Waals surface area contributed by atoms with Gasteiger partial charge in [-0.1, -0.05) is 0 Å². The lowest BCUT2D eigenvalue weighted by Gasteiger charge is -2.04. The molecule has 0 amide bonds. The van der Waals surface area contributed by atoms with Crippen LogP contribution in [-0.2, 0) is 0 Å². The van der Waals surface area contributed by atoms with Gasteiger partial charge in [0.1, 0.15) is 0 Å². The number of nitrogen functional groups attached to an aromatic ring is 1. The molecule has 0 aliphatic rings. The third-order valence-electron chi connectivity index (χ3n) is 1.22. The van der Waals surface area contributed by atoms with Crippen molar-refractivity contribution in [1.29, 1.82) is 0 Å². The van der Waals surface area contributed by atoms with Crippen LogP contribution >= 0.6 is 0 Å². The molecule has 0 saturated heterocycles. The molecule has 62 valence electrons. The van der Waals surface area contributed by atoms with Crippen molar-refractivity contribution in [2.24, 2.45) is 0 Å². The van der Waals surface area contributed by atoms with E-state index in [4.69, 9.17) is 10.5 Å². The second-order valence-electron chi connectivity index (χ2n) is 2.15. The van der Waals surface area contributed by atoms with Crippen LogP contribution in [0.15, 0.2) is 6.20 Å². The summed E-state index contributed by atoms with van der Waals surface area (Å²) in [6.07, 6.45) is 1.65. The summed E-state index contributed by atoms with van der Waals surface area (Å²) in [6, 6.07) is 0. The Morgan fingerprint density at radius 3 is 3.09 bits per heavy atom. The zero-order valence-electron chi connectivity index (χ0n) is 6.66. The first-order chi connectivity index (χ1) is 5.24. The van der Waals surface area contributed by atoms with E-state index >= 15 is 0 Å². The van der Waals surface area contributed by atoms with E-state index in [0.29, 0.717) is 12.5 Å². The zero-order chi connectivity index (χ0) is 8.27. The fourth-order valence-corrected chi connectivity index (χ4v) is 0.722. The van der Waals surface area contributed by atoms with Gasteiger partial charge in [-0.15, -0.1) is 0 Å². The summed E-state index contributed by atoms with van der Waals surface area (Å²) in [7, 11) is 0. The van der Waals surface area contributed by atoms with Crippen molar-refractivity contribution in [2.75, 3.05) is 12.3 Å². The lowest BCUT2D eigenvalue weighted by Crippen LogP contribution is -2.01. The minimum Gasteiger partial charge on any atom is -0.478 e. The highest BCUT2D eigenvalue weighted by molar-refractivity contribution is 5.28. The minimum atomic E-state index is 0. The molecule has 0 atom stereocenters. The van der Waals surface area contributed by atoms with Gasteiger partial charge in [0.05, 0.1) is 6.61 Å². The maximum atomic E-state index is 5.36. The van der Waals surface area contributed by atoms with Gasteiger partial charge in [0.15, 0.2) is 0 Å². The quantitative estimate of drug-likeness (QED) is 0.692. The van der Waals surface area contributed by atoms with Crippen molar-refractivity contribution in [2.45, 2.75) is 13.8 Å². The summed E-state index contributed by atoms with van der Waals surface area (Å²) in [5.41, 5.74) is 6.26. The van der Waals surface area contributed by atoms with Crippen LogP contribution in [0.4, 0.5) is 5.95 Å². The minimum absolute atomic E-state index is 0. The molecule has 0 radical (unpaired) electrons. The summed E-state index contributed by atoms with van der Waals surface area (Å²) in [4.78, 5) is 7.72. The zero-order valence-corrected chi connectivity index (χ0v) is 6.66. The number of rotatable bonds is 2. The van der Waals surface area contributed by atoms with Crippen LogP contribution in [-0.4, -0.2) is 16.6 Å². The van der Waals surface area contributed by atoms with Gasteiger partial charge in [0.25, 0.3) is 0 Å². The summed E-state index contributed by atoms with van der Waals surface area (Å²) < 4.78 is 5.19. The predicted molar refractivity (Wildman–Crippen MR) is 44.5 cm³/mol. The molecule has 0 unspecified atom stereocenters. The number of aryl methyl sites for hydroxylation is 1. The Hall–Kier alpha value is -1.32. The maximum absolute atomic E-state index is 5.36. The van der Waals surface area contributed by atoms with E-state index in [2.05, 4.69) is 9.97 Å². The first-order valence-electron chi connectivity index (χ1n) is 3.46. The van der Waals surface area contributed by atoms with Crippen LogP contribution in [0.25, 0.3) is 0 Å². The van der Waals surface area contributed by atoms with Gasteiger partial charge in [-0.05, 0) is 13.8 Å². The summed E-state index contributed by atoms with van der Waals surface area (Å²) in [5, 5.41) is 0. The maximum Gasteiger partial charge on any atom is 0.223 e.